The molecule has 10 nitrogen and oxygen atoms in total. The van der Waals surface area contributed by atoms with Crippen molar-refractivity contribution in [2.24, 2.45) is 4.99 Å². The smallest absolute Gasteiger partial charge is 0.306 e. The van der Waals surface area contributed by atoms with Crippen molar-refractivity contribution in [2.75, 3.05) is 26.3 Å². The van der Waals surface area contributed by atoms with Crippen molar-refractivity contribution in [3.63, 3.8) is 0 Å². The molecule has 1 saturated heterocycles. The molecule has 1 unspecified atom stereocenters. The Morgan fingerprint density at radius 2 is 2.28 bits per heavy atom. The Balaban J connectivity index is 0.00000363. The van der Waals surface area contributed by atoms with Gasteiger partial charge in [-0.25, -0.2) is 4.99 Å². The number of aliphatic imine (C=N–C) groups is 1. The van der Waals surface area contributed by atoms with Gasteiger partial charge in [0.05, 0.1) is 24.1 Å². The minimum Gasteiger partial charge on any atom is -0.491 e. The number of benzene rings is 1. The predicted octanol–water partition coefficient (Wildman–Crippen LogP) is 3.03. The molecule has 0 spiro atoms. The maximum Gasteiger partial charge on any atom is 0.306 e. The summed E-state index contributed by atoms with van der Waals surface area (Å²) in [6.07, 6.45) is 4.94. The molecule has 176 valence electrons. The van der Waals surface area contributed by atoms with Crippen LogP contribution in [0.1, 0.15) is 30.9 Å². The summed E-state index contributed by atoms with van der Waals surface area (Å²) in [5, 5.41) is 21.2. The standard InChI is InChI=1S/C21H30N6O4.HI/c1-3-22-21(23-8-9-26-14-18(13-25-26)27(28)29)24-12-17-7-6-16(2)11-20(17)31-15-19-5-4-10-30-19;/h6-7,11,13-14,19H,3-5,8-10,12,15H2,1-2H3,(H2,22,23,24);1H. The number of hydrogen-bond acceptors (Lipinski definition) is 6. The van der Waals surface area contributed by atoms with E-state index in [0.29, 0.717) is 32.2 Å². The van der Waals surface area contributed by atoms with Gasteiger partial charge in [-0.3, -0.25) is 14.8 Å². The highest BCUT2D eigenvalue weighted by Gasteiger charge is 2.17. The number of aromatic nitrogens is 2. The first-order valence-electron chi connectivity index (χ1n) is 10.6. The quantitative estimate of drug-likeness (QED) is 0.152. The second-order valence-electron chi connectivity index (χ2n) is 7.40. The molecule has 3 rings (SSSR count). The molecular formula is C21H31IN6O4. The van der Waals surface area contributed by atoms with Crippen LogP contribution in [0.15, 0.2) is 35.6 Å². The molecule has 0 amide bonds. The van der Waals surface area contributed by atoms with Crippen molar-refractivity contribution in [3.8, 4) is 5.75 Å². The zero-order valence-corrected chi connectivity index (χ0v) is 20.8. The van der Waals surface area contributed by atoms with Gasteiger partial charge in [-0.1, -0.05) is 12.1 Å². The summed E-state index contributed by atoms with van der Waals surface area (Å²) >= 11 is 0. The number of nitrogens with one attached hydrogen (secondary N) is 2. The van der Waals surface area contributed by atoms with Gasteiger partial charge in [-0.2, -0.15) is 5.10 Å². The second-order valence-corrected chi connectivity index (χ2v) is 7.40. The Kier molecular flexibility index (Phi) is 10.7. The number of aryl methyl sites for hydroxylation is 1. The van der Waals surface area contributed by atoms with E-state index in [9.17, 15) is 10.1 Å². The summed E-state index contributed by atoms with van der Waals surface area (Å²) in [6.45, 7) is 7.59. The van der Waals surface area contributed by atoms with E-state index in [1.807, 2.05) is 26.0 Å². The van der Waals surface area contributed by atoms with E-state index < -0.39 is 4.92 Å². The van der Waals surface area contributed by atoms with E-state index in [1.54, 1.807) is 0 Å². The predicted molar refractivity (Wildman–Crippen MR) is 133 cm³/mol. The Labute approximate surface area is 204 Å². The van der Waals surface area contributed by atoms with Gasteiger partial charge in [0, 0.05) is 25.3 Å². The molecule has 1 aromatic carbocycles. The molecule has 1 aliphatic rings. The van der Waals surface area contributed by atoms with Crippen LogP contribution in [-0.2, 0) is 17.8 Å². The molecule has 2 N–H and O–H groups in total. The largest absolute Gasteiger partial charge is 0.491 e. The first-order chi connectivity index (χ1) is 15.0. The van der Waals surface area contributed by atoms with Crippen LogP contribution < -0.4 is 15.4 Å². The monoisotopic (exact) mass is 558 g/mol. The fraction of sp³-hybridized carbons (Fsp3) is 0.524. The van der Waals surface area contributed by atoms with Crippen molar-refractivity contribution in [1.29, 1.82) is 0 Å². The highest BCUT2D eigenvalue weighted by molar-refractivity contribution is 14.0. The molecule has 1 aliphatic heterocycles. The zero-order valence-electron chi connectivity index (χ0n) is 18.5. The Morgan fingerprint density at radius 1 is 1.44 bits per heavy atom. The fourth-order valence-electron chi connectivity index (χ4n) is 3.25. The maximum atomic E-state index is 10.8. The van der Waals surface area contributed by atoms with Gasteiger partial charge < -0.3 is 20.1 Å². The number of nitro groups is 1. The molecule has 1 aromatic heterocycles. The van der Waals surface area contributed by atoms with Crippen molar-refractivity contribution in [2.45, 2.75) is 45.9 Å². The van der Waals surface area contributed by atoms with Crippen molar-refractivity contribution >= 4 is 35.6 Å². The minimum absolute atomic E-state index is 0. The second kappa shape index (κ2) is 13.2. The third-order valence-electron chi connectivity index (χ3n) is 4.89. The first kappa shape index (κ1) is 25.8. The summed E-state index contributed by atoms with van der Waals surface area (Å²) in [5.41, 5.74) is 2.12. The van der Waals surface area contributed by atoms with Gasteiger partial charge >= 0.3 is 5.69 Å². The third kappa shape index (κ3) is 7.93. The van der Waals surface area contributed by atoms with Gasteiger partial charge in [-0.15, -0.1) is 24.0 Å². The Hall–Kier alpha value is -2.41. The summed E-state index contributed by atoms with van der Waals surface area (Å²) in [7, 11) is 0. The molecule has 2 aromatic rings. The molecular weight excluding hydrogens is 527 g/mol. The van der Waals surface area contributed by atoms with Crippen LogP contribution in [0, 0.1) is 17.0 Å². The van der Waals surface area contributed by atoms with Crippen molar-refractivity contribution < 1.29 is 14.4 Å². The molecule has 0 aliphatic carbocycles. The van der Waals surface area contributed by atoms with Gasteiger partial charge in [-0.05, 0) is 38.3 Å². The van der Waals surface area contributed by atoms with Gasteiger partial charge in [0.2, 0.25) is 0 Å². The fourth-order valence-corrected chi connectivity index (χ4v) is 3.25. The lowest BCUT2D eigenvalue weighted by Crippen LogP contribution is -2.38. The molecule has 1 fully saturated rings. The minimum atomic E-state index is -0.456. The Morgan fingerprint density at radius 3 is 2.97 bits per heavy atom. The van der Waals surface area contributed by atoms with Crippen molar-refractivity contribution in [1.82, 2.24) is 20.4 Å². The molecule has 0 radical (unpaired) electrons. The SMILES string of the molecule is CCNC(=NCc1ccc(C)cc1OCC1CCCO1)NCCn1cc([N+](=O)[O-])cn1.I. The van der Waals surface area contributed by atoms with Crippen LogP contribution in [0.5, 0.6) is 5.75 Å². The highest BCUT2D eigenvalue weighted by atomic mass is 127. The normalized spacial score (nSPS) is 15.8. The summed E-state index contributed by atoms with van der Waals surface area (Å²) in [4.78, 5) is 15.0. The van der Waals surface area contributed by atoms with Crippen LogP contribution in [0.3, 0.4) is 0 Å². The van der Waals surface area contributed by atoms with E-state index in [-0.39, 0.29) is 35.8 Å². The van der Waals surface area contributed by atoms with E-state index in [2.05, 4.69) is 26.8 Å². The zero-order chi connectivity index (χ0) is 22.1. The number of nitrogens with zero attached hydrogens (tertiary/aromatic N) is 4. The van der Waals surface area contributed by atoms with E-state index >= 15 is 0 Å². The van der Waals surface area contributed by atoms with Gasteiger partial charge in [0.1, 0.15) is 24.8 Å². The lowest BCUT2D eigenvalue weighted by Gasteiger charge is -2.15. The third-order valence-corrected chi connectivity index (χ3v) is 4.89. The molecule has 0 bridgehead atoms. The number of rotatable bonds is 10. The summed E-state index contributed by atoms with van der Waals surface area (Å²) < 4.78 is 13.2. The molecule has 11 heteroatoms. The molecule has 32 heavy (non-hydrogen) atoms. The van der Waals surface area contributed by atoms with Crippen LogP contribution >= 0.6 is 24.0 Å². The van der Waals surface area contributed by atoms with E-state index in [4.69, 9.17) is 9.47 Å². The summed E-state index contributed by atoms with van der Waals surface area (Å²) in [5.74, 6) is 1.49. The Bertz CT molecular complexity index is 898. The van der Waals surface area contributed by atoms with Gasteiger partial charge in [0.15, 0.2) is 5.96 Å². The number of ether oxygens (including phenoxy) is 2. The lowest BCUT2D eigenvalue weighted by molar-refractivity contribution is -0.385. The maximum absolute atomic E-state index is 10.8. The van der Waals surface area contributed by atoms with Crippen LogP contribution in [-0.4, -0.2) is 53.1 Å². The first-order valence-corrected chi connectivity index (χ1v) is 10.6. The number of halogens is 1. The number of guanidine groups is 1. The lowest BCUT2D eigenvalue weighted by atomic mass is 10.1. The van der Waals surface area contributed by atoms with Crippen LogP contribution in [0.2, 0.25) is 0 Å². The molecule has 2 heterocycles. The summed E-state index contributed by atoms with van der Waals surface area (Å²) in [6, 6.07) is 6.12. The highest BCUT2D eigenvalue weighted by Crippen LogP contribution is 2.23. The average molecular weight is 558 g/mol. The number of hydrogen-bond donors (Lipinski definition) is 2. The van der Waals surface area contributed by atoms with Crippen molar-refractivity contribution in [3.05, 3.63) is 51.8 Å². The van der Waals surface area contributed by atoms with Crippen LogP contribution in [0.4, 0.5) is 5.69 Å². The van der Waals surface area contributed by atoms with E-state index in [0.717, 1.165) is 42.9 Å². The topological polar surface area (TPSA) is 116 Å². The average Bonchev–Trinajstić information content (AvgIpc) is 3.43. The molecule has 0 saturated carbocycles. The van der Waals surface area contributed by atoms with Gasteiger partial charge in [0.25, 0.3) is 0 Å². The van der Waals surface area contributed by atoms with Crippen LogP contribution in [0.25, 0.3) is 0 Å². The van der Waals surface area contributed by atoms with E-state index in [1.165, 1.54) is 17.1 Å². The molecule has 1 atom stereocenters.